The van der Waals surface area contributed by atoms with Gasteiger partial charge in [-0.1, -0.05) is 19.1 Å². The molecule has 24 heavy (non-hydrogen) atoms. The van der Waals surface area contributed by atoms with Gasteiger partial charge in [-0.15, -0.1) is 0 Å². The lowest BCUT2D eigenvalue weighted by molar-refractivity contribution is -0.155. The molecule has 0 spiro atoms. The molecule has 4 nitrogen and oxygen atoms in total. The fraction of sp³-hybridized carbons (Fsp3) is 0.600. The summed E-state index contributed by atoms with van der Waals surface area (Å²) in [6.07, 6.45) is 1.09. The van der Waals surface area contributed by atoms with E-state index in [-0.39, 0.29) is 17.9 Å². The molecule has 1 rings (SSSR count). The summed E-state index contributed by atoms with van der Waals surface area (Å²) in [6.45, 7) is 13.1. The van der Waals surface area contributed by atoms with Crippen molar-refractivity contribution in [3.05, 3.63) is 35.4 Å². The van der Waals surface area contributed by atoms with Crippen LogP contribution in [0.3, 0.4) is 0 Å². The maximum atomic E-state index is 12.2. The molecule has 0 saturated carbocycles. The highest BCUT2D eigenvalue weighted by atomic mass is 16.6. The molecule has 4 heteroatoms. The van der Waals surface area contributed by atoms with Crippen molar-refractivity contribution in [2.75, 3.05) is 0 Å². The van der Waals surface area contributed by atoms with Gasteiger partial charge in [0, 0.05) is 0 Å². The van der Waals surface area contributed by atoms with Crippen LogP contribution in [0.2, 0.25) is 0 Å². The number of esters is 2. The largest absolute Gasteiger partial charge is 0.460 e. The van der Waals surface area contributed by atoms with Gasteiger partial charge in [0.1, 0.15) is 11.2 Å². The highest BCUT2D eigenvalue weighted by Gasteiger charge is 2.22. The molecule has 0 radical (unpaired) electrons. The molecule has 0 aliphatic heterocycles. The van der Waals surface area contributed by atoms with Crippen LogP contribution in [0.25, 0.3) is 0 Å². The van der Waals surface area contributed by atoms with Crippen LogP contribution < -0.4 is 0 Å². The van der Waals surface area contributed by atoms with Crippen LogP contribution in [0.15, 0.2) is 24.3 Å². The third-order valence-electron chi connectivity index (χ3n) is 3.32. The Bertz CT molecular complexity index is 576. The molecule has 0 N–H and O–H groups in total. The zero-order valence-electron chi connectivity index (χ0n) is 15.9. The molecule has 0 fully saturated rings. The van der Waals surface area contributed by atoms with E-state index in [1.54, 1.807) is 6.07 Å². The summed E-state index contributed by atoms with van der Waals surface area (Å²) in [4.78, 5) is 24.3. The number of rotatable bonds is 5. The average Bonchev–Trinajstić information content (AvgIpc) is 2.41. The Hall–Kier alpha value is -1.84. The molecule has 0 amide bonds. The molecule has 0 heterocycles. The standard InChI is InChI=1S/C20H30O4/c1-8-14(13-17(21)23-19(2,3)4)15-10-9-11-16(12-15)18(22)24-20(5,6)7/h9-12,14H,8,13H2,1-7H3. The SMILES string of the molecule is CCC(CC(=O)OC(C)(C)C)c1cccc(C(=O)OC(C)(C)C)c1. The first-order valence-electron chi connectivity index (χ1n) is 8.46. The van der Waals surface area contributed by atoms with Crippen LogP contribution in [0.1, 0.15) is 83.1 Å². The molecule has 134 valence electrons. The first-order chi connectivity index (χ1) is 10.9. The van der Waals surface area contributed by atoms with E-state index >= 15 is 0 Å². The third kappa shape index (κ3) is 7.16. The summed E-state index contributed by atoms with van der Waals surface area (Å²) in [5.41, 5.74) is 0.429. The van der Waals surface area contributed by atoms with Gasteiger partial charge in [0.25, 0.3) is 0 Å². The molecular weight excluding hydrogens is 304 g/mol. The molecule has 1 unspecified atom stereocenters. The Balaban J connectivity index is 2.89. The van der Waals surface area contributed by atoms with Gasteiger partial charge in [-0.05, 0) is 71.6 Å². The molecule has 1 atom stereocenters. The van der Waals surface area contributed by atoms with Gasteiger partial charge in [0.05, 0.1) is 12.0 Å². The van der Waals surface area contributed by atoms with E-state index in [0.717, 1.165) is 12.0 Å². The Labute approximate surface area is 145 Å². The summed E-state index contributed by atoms with van der Waals surface area (Å²) >= 11 is 0. The number of benzene rings is 1. The Morgan fingerprint density at radius 1 is 1.00 bits per heavy atom. The van der Waals surface area contributed by atoms with Gasteiger partial charge in [-0.25, -0.2) is 4.79 Å². The molecular formula is C20H30O4. The van der Waals surface area contributed by atoms with E-state index < -0.39 is 11.2 Å². The van der Waals surface area contributed by atoms with Crippen molar-refractivity contribution >= 4 is 11.9 Å². The normalized spacial score (nSPS) is 13.3. The second-order valence-corrected chi connectivity index (χ2v) is 8.02. The van der Waals surface area contributed by atoms with Crippen LogP contribution in [0.5, 0.6) is 0 Å². The van der Waals surface area contributed by atoms with Gasteiger partial charge in [-0.3, -0.25) is 4.79 Å². The lowest BCUT2D eigenvalue weighted by Gasteiger charge is -2.22. The topological polar surface area (TPSA) is 52.6 Å². The van der Waals surface area contributed by atoms with Gasteiger partial charge < -0.3 is 9.47 Å². The van der Waals surface area contributed by atoms with Crippen molar-refractivity contribution < 1.29 is 19.1 Å². The number of carbonyl (C=O) groups is 2. The van der Waals surface area contributed by atoms with E-state index in [0.29, 0.717) is 12.0 Å². The van der Waals surface area contributed by atoms with Crippen LogP contribution in [-0.2, 0) is 14.3 Å². The lowest BCUT2D eigenvalue weighted by atomic mass is 9.92. The minimum absolute atomic E-state index is 0.0160. The average molecular weight is 334 g/mol. The first kappa shape index (κ1) is 20.2. The van der Waals surface area contributed by atoms with Crippen LogP contribution >= 0.6 is 0 Å². The number of ether oxygens (including phenoxy) is 2. The molecule has 1 aromatic carbocycles. The van der Waals surface area contributed by atoms with Crippen molar-refractivity contribution in [3.8, 4) is 0 Å². The molecule has 0 aliphatic carbocycles. The third-order valence-corrected chi connectivity index (χ3v) is 3.32. The zero-order valence-corrected chi connectivity index (χ0v) is 15.9. The predicted octanol–water partition coefficient (Wildman–Crippen LogP) is 4.87. The van der Waals surface area contributed by atoms with E-state index in [9.17, 15) is 9.59 Å². The van der Waals surface area contributed by atoms with Crippen molar-refractivity contribution in [1.29, 1.82) is 0 Å². The van der Waals surface area contributed by atoms with Gasteiger partial charge in [0.15, 0.2) is 0 Å². The highest BCUT2D eigenvalue weighted by molar-refractivity contribution is 5.90. The Morgan fingerprint density at radius 3 is 2.08 bits per heavy atom. The lowest BCUT2D eigenvalue weighted by Crippen LogP contribution is -2.25. The Kier molecular flexibility index (Phi) is 6.58. The number of hydrogen-bond donors (Lipinski definition) is 0. The second-order valence-electron chi connectivity index (χ2n) is 8.02. The van der Waals surface area contributed by atoms with Crippen molar-refractivity contribution in [1.82, 2.24) is 0 Å². The van der Waals surface area contributed by atoms with Crippen LogP contribution in [0, 0.1) is 0 Å². The monoisotopic (exact) mass is 334 g/mol. The van der Waals surface area contributed by atoms with E-state index in [2.05, 4.69) is 0 Å². The van der Waals surface area contributed by atoms with Gasteiger partial charge >= 0.3 is 11.9 Å². The molecule has 0 aliphatic rings. The van der Waals surface area contributed by atoms with Crippen LogP contribution in [-0.4, -0.2) is 23.1 Å². The second kappa shape index (κ2) is 7.82. The fourth-order valence-electron chi connectivity index (χ4n) is 2.34. The summed E-state index contributed by atoms with van der Waals surface area (Å²) in [5, 5.41) is 0. The first-order valence-corrected chi connectivity index (χ1v) is 8.46. The molecule has 1 aromatic rings. The smallest absolute Gasteiger partial charge is 0.338 e. The zero-order chi connectivity index (χ0) is 18.5. The summed E-state index contributed by atoms with van der Waals surface area (Å²) in [7, 11) is 0. The van der Waals surface area contributed by atoms with E-state index in [1.807, 2.05) is 66.7 Å². The molecule has 0 bridgehead atoms. The quantitative estimate of drug-likeness (QED) is 0.721. The Morgan fingerprint density at radius 2 is 1.58 bits per heavy atom. The number of carbonyl (C=O) groups excluding carboxylic acids is 2. The maximum Gasteiger partial charge on any atom is 0.338 e. The number of hydrogen-bond acceptors (Lipinski definition) is 4. The predicted molar refractivity (Wildman–Crippen MR) is 95.1 cm³/mol. The summed E-state index contributed by atoms with van der Waals surface area (Å²) in [5.74, 6) is -0.560. The van der Waals surface area contributed by atoms with Crippen molar-refractivity contribution in [2.45, 2.75) is 78.4 Å². The molecule has 0 saturated heterocycles. The van der Waals surface area contributed by atoms with Gasteiger partial charge in [0.2, 0.25) is 0 Å². The van der Waals surface area contributed by atoms with Crippen molar-refractivity contribution in [2.24, 2.45) is 0 Å². The summed E-state index contributed by atoms with van der Waals surface area (Å²) in [6, 6.07) is 7.31. The van der Waals surface area contributed by atoms with Crippen LogP contribution in [0.4, 0.5) is 0 Å². The van der Waals surface area contributed by atoms with E-state index in [4.69, 9.17) is 9.47 Å². The fourth-order valence-corrected chi connectivity index (χ4v) is 2.34. The summed E-state index contributed by atoms with van der Waals surface area (Å²) < 4.78 is 10.8. The minimum Gasteiger partial charge on any atom is -0.460 e. The minimum atomic E-state index is -0.534. The maximum absolute atomic E-state index is 12.2. The molecule has 0 aromatic heterocycles. The highest BCUT2D eigenvalue weighted by Crippen LogP contribution is 2.26. The van der Waals surface area contributed by atoms with E-state index in [1.165, 1.54) is 0 Å². The van der Waals surface area contributed by atoms with Gasteiger partial charge in [-0.2, -0.15) is 0 Å². The van der Waals surface area contributed by atoms with Crippen molar-refractivity contribution in [3.63, 3.8) is 0 Å².